The summed E-state index contributed by atoms with van der Waals surface area (Å²) in [5.41, 5.74) is 0.846. The van der Waals surface area contributed by atoms with Crippen LogP contribution >= 0.6 is 35.2 Å². The lowest BCUT2D eigenvalue weighted by Crippen LogP contribution is -2.29. The molecule has 3 aromatic rings. The van der Waals surface area contributed by atoms with E-state index in [1.54, 1.807) is 23.6 Å². The van der Waals surface area contributed by atoms with Gasteiger partial charge < -0.3 is 9.64 Å². The van der Waals surface area contributed by atoms with Crippen LogP contribution in [0.25, 0.3) is 11.4 Å². The minimum atomic E-state index is -0.0678. The van der Waals surface area contributed by atoms with Crippen molar-refractivity contribution in [2.24, 2.45) is 0 Å². The number of nitrogens with zero attached hydrogens (tertiary/aromatic N) is 3. The monoisotopic (exact) mass is 408 g/mol. The number of nitrogens with one attached hydrogen (secondary N) is 1. The Morgan fingerprint density at radius 1 is 1.35 bits per heavy atom. The van der Waals surface area contributed by atoms with Crippen molar-refractivity contribution in [3.05, 3.63) is 50.4 Å². The molecular formula is C17H17ClN4O2S2. The van der Waals surface area contributed by atoms with E-state index >= 15 is 0 Å². The molecule has 0 fully saturated rings. The second kappa shape index (κ2) is 8.03. The largest absolute Gasteiger partial charge is 0.497 e. The first-order chi connectivity index (χ1) is 12.5. The number of rotatable bonds is 6. The Bertz CT molecular complexity index is 962. The van der Waals surface area contributed by atoms with E-state index in [4.69, 9.17) is 28.6 Å². The van der Waals surface area contributed by atoms with E-state index in [1.807, 2.05) is 36.4 Å². The maximum Gasteiger partial charge on any atom is 0.242 e. The van der Waals surface area contributed by atoms with Gasteiger partial charge >= 0.3 is 0 Å². The van der Waals surface area contributed by atoms with E-state index in [-0.39, 0.29) is 12.5 Å². The lowest BCUT2D eigenvalue weighted by molar-refractivity contribution is -0.131. The van der Waals surface area contributed by atoms with Gasteiger partial charge in [0.15, 0.2) is 10.6 Å². The average molecular weight is 409 g/mol. The molecular weight excluding hydrogens is 392 g/mol. The van der Waals surface area contributed by atoms with Gasteiger partial charge in [-0.15, -0.1) is 11.3 Å². The summed E-state index contributed by atoms with van der Waals surface area (Å²) < 4.78 is 7.97. The number of benzene rings is 1. The SMILES string of the molecule is COc1ccc(-c2n[nH]c(=S)n2CC(=O)N(C)Cc2ccc(Cl)s2)cc1. The fraction of sp³-hybridized carbons (Fsp3) is 0.235. The third-order valence-corrected chi connectivity index (χ3v) is 5.38. The molecule has 6 nitrogen and oxygen atoms in total. The highest BCUT2D eigenvalue weighted by atomic mass is 35.5. The van der Waals surface area contributed by atoms with Crippen molar-refractivity contribution in [2.75, 3.05) is 14.2 Å². The highest BCUT2D eigenvalue weighted by molar-refractivity contribution is 7.71. The first-order valence-electron chi connectivity index (χ1n) is 7.75. The Kier molecular flexibility index (Phi) is 5.75. The van der Waals surface area contributed by atoms with Crippen LogP contribution in [0.5, 0.6) is 5.75 Å². The lowest BCUT2D eigenvalue weighted by atomic mass is 10.2. The first-order valence-corrected chi connectivity index (χ1v) is 9.36. The number of halogens is 1. The second-order valence-electron chi connectivity index (χ2n) is 5.62. The predicted molar refractivity (Wildman–Crippen MR) is 105 cm³/mol. The van der Waals surface area contributed by atoms with Crippen molar-refractivity contribution in [3.8, 4) is 17.1 Å². The molecule has 1 N–H and O–H groups in total. The quantitative estimate of drug-likeness (QED) is 0.626. The number of likely N-dealkylation sites (N-methyl/N-ethyl adjacent to an activating group) is 1. The summed E-state index contributed by atoms with van der Waals surface area (Å²) >= 11 is 12.7. The molecule has 26 heavy (non-hydrogen) atoms. The first kappa shape index (κ1) is 18.6. The molecule has 0 saturated carbocycles. The number of aromatic amines is 1. The number of hydrogen-bond acceptors (Lipinski definition) is 5. The third-order valence-electron chi connectivity index (χ3n) is 3.85. The molecule has 0 saturated heterocycles. The average Bonchev–Trinajstić information content (AvgIpc) is 3.21. The molecule has 0 spiro atoms. The van der Waals surface area contributed by atoms with Crippen LogP contribution in [0.15, 0.2) is 36.4 Å². The van der Waals surface area contributed by atoms with Crippen LogP contribution in [0.3, 0.4) is 0 Å². The van der Waals surface area contributed by atoms with Gasteiger partial charge in [-0.1, -0.05) is 11.6 Å². The molecule has 2 aromatic heterocycles. The van der Waals surface area contributed by atoms with Crippen molar-refractivity contribution >= 4 is 41.1 Å². The summed E-state index contributed by atoms with van der Waals surface area (Å²) in [5.74, 6) is 1.29. The van der Waals surface area contributed by atoms with Gasteiger partial charge in [0.25, 0.3) is 0 Å². The summed E-state index contributed by atoms with van der Waals surface area (Å²) in [6.45, 7) is 0.603. The van der Waals surface area contributed by atoms with Crippen LogP contribution in [0.1, 0.15) is 4.88 Å². The van der Waals surface area contributed by atoms with Crippen molar-refractivity contribution in [1.82, 2.24) is 19.7 Å². The van der Waals surface area contributed by atoms with Gasteiger partial charge in [-0.3, -0.25) is 14.5 Å². The summed E-state index contributed by atoms with van der Waals surface area (Å²) in [7, 11) is 3.37. The van der Waals surface area contributed by atoms with Gasteiger partial charge in [-0.05, 0) is 48.6 Å². The van der Waals surface area contributed by atoms with Crippen LogP contribution in [0.4, 0.5) is 0 Å². The van der Waals surface area contributed by atoms with E-state index in [0.29, 0.717) is 21.5 Å². The third kappa shape index (κ3) is 4.14. The molecule has 0 atom stereocenters. The molecule has 2 heterocycles. The number of carbonyl (C=O) groups excluding carboxylic acids is 1. The Morgan fingerprint density at radius 2 is 2.08 bits per heavy atom. The number of aromatic nitrogens is 3. The zero-order chi connectivity index (χ0) is 18.7. The van der Waals surface area contributed by atoms with Gasteiger partial charge in [-0.25, -0.2) is 0 Å². The number of hydrogen-bond donors (Lipinski definition) is 1. The smallest absolute Gasteiger partial charge is 0.242 e. The van der Waals surface area contributed by atoms with E-state index in [9.17, 15) is 4.79 Å². The number of thiophene rings is 1. The van der Waals surface area contributed by atoms with E-state index < -0.39 is 0 Å². The van der Waals surface area contributed by atoms with Crippen LogP contribution in [-0.4, -0.2) is 39.7 Å². The van der Waals surface area contributed by atoms with Crippen LogP contribution < -0.4 is 4.74 Å². The molecule has 1 aromatic carbocycles. The number of H-pyrrole nitrogens is 1. The topological polar surface area (TPSA) is 63.1 Å². The predicted octanol–water partition coefficient (Wildman–Crippen LogP) is 3.99. The number of ether oxygens (including phenoxy) is 1. The van der Waals surface area contributed by atoms with E-state index in [1.165, 1.54) is 11.3 Å². The summed E-state index contributed by atoms with van der Waals surface area (Å²) in [4.78, 5) is 15.3. The lowest BCUT2D eigenvalue weighted by Gasteiger charge is -2.17. The van der Waals surface area contributed by atoms with Gasteiger partial charge in [0.2, 0.25) is 5.91 Å². The minimum Gasteiger partial charge on any atom is -0.497 e. The van der Waals surface area contributed by atoms with Crippen molar-refractivity contribution in [1.29, 1.82) is 0 Å². The van der Waals surface area contributed by atoms with Gasteiger partial charge in [-0.2, -0.15) is 5.10 Å². The Hall–Kier alpha value is -2.16. The highest BCUT2D eigenvalue weighted by Gasteiger charge is 2.16. The zero-order valence-corrected chi connectivity index (χ0v) is 16.6. The highest BCUT2D eigenvalue weighted by Crippen LogP contribution is 2.23. The summed E-state index contributed by atoms with van der Waals surface area (Å²) in [6, 6.07) is 11.2. The van der Waals surface area contributed by atoms with E-state index in [0.717, 1.165) is 16.2 Å². The maximum absolute atomic E-state index is 12.6. The van der Waals surface area contributed by atoms with Crippen molar-refractivity contribution < 1.29 is 9.53 Å². The van der Waals surface area contributed by atoms with Crippen LogP contribution in [-0.2, 0) is 17.9 Å². The molecule has 136 valence electrons. The summed E-state index contributed by atoms with van der Waals surface area (Å²) in [6.07, 6.45) is 0. The van der Waals surface area contributed by atoms with Gasteiger partial charge in [0.05, 0.1) is 18.0 Å². The second-order valence-corrected chi connectivity index (χ2v) is 7.81. The minimum absolute atomic E-state index is 0.0678. The molecule has 0 aliphatic rings. The normalized spacial score (nSPS) is 10.7. The number of carbonyl (C=O) groups is 1. The fourth-order valence-corrected chi connectivity index (χ4v) is 3.78. The van der Waals surface area contributed by atoms with Gasteiger partial charge in [0, 0.05) is 17.5 Å². The molecule has 0 unspecified atom stereocenters. The Labute approximate surface area is 165 Å². The standard InChI is InChI=1S/C17H17ClN4O2S2/c1-21(9-13-7-8-14(18)26-13)15(23)10-22-16(19-20-17(22)25)11-3-5-12(24-2)6-4-11/h3-8H,9-10H2,1-2H3,(H,20,25). The maximum atomic E-state index is 12.6. The van der Waals surface area contributed by atoms with Crippen LogP contribution in [0, 0.1) is 4.77 Å². The Balaban J connectivity index is 1.77. The molecule has 3 rings (SSSR count). The summed E-state index contributed by atoms with van der Waals surface area (Å²) in [5, 5.41) is 7.02. The van der Waals surface area contributed by atoms with Crippen molar-refractivity contribution in [2.45, 2.75) is 13.1 Å². The fourth-order valence-electron chi connectivity index (χ4n) is 2.44. The number of methoxy groups -OCH3 is 1. The van der Waals surface area contributed by atoms with Crippen LogP contribution in [0.2, 0.25) is 4.34 Å². The Morgan fingerprint density at radius 3 is 2.69 bits per heavy atom. The zero-order valence-electron chi connectivity index (χ0n) is 14.2. The molecule has 0 radical (unpaired) electrons. The molecule has 0 aliphatic heterocycles. The number of amides is 1. The van der Waals surface area contributed by atoms with E-state index in [2.05, 4.69) is 10.2 Å². The molecule has 0 aliphatic carbocycles. The molecule has 9 heteroatoms. The molecule has 1 amide bonds. The molecule has 0 bridgehead atoms. The van der Waals surface area contributed by atoms with Gasteiger partial charge in [0.1, 0.15) is 12.3 Å². The van der Waals surface area contributed by atoms with Crippen molar-refractivity contribution in [3.63, 3.8) is 0 Å².